The van der Waals surface area contributed by atoms with E-state index in [1.54, 1.807) is 35.4 Å². The lowest BCUT2D eigenvalue weighted by atomic mass is 10.1. The van der Waals surface area contributed by atoms with E-state index in [2.05, 4.69) is 4.98 Å². The Morgan fingerprint density at radius 2 is 2.12 bits per heavy atom. The largest absolute Gasteiger partial charge is 0.487 e. The number of hydrogen-bond acceptors (Lipinski definition) is 5. The van der Waals surface area contributed by atoms with Crippen LogP contribution in [0.2, 0.25) is 0 Å². The number of likely N-dealkylation sites (N-methyl/N-ethyl adjacent to an activating group) is 1. The van der Waals surface area contributed by atoms with Gasteiger partial charge < -0.3 is 15.4 Å². The molecular formula is C16H23Cl2N3O2S. The van der Waals surface area contributed by atoms with Crippen molar-refractivity contribution in [3.8, 4) is 5.75 Å². The van der Waals surface area contributed by atoms with E-state index in [4.69, 9.17) is 10.5 Å². The molecule has 0 saturated heterocycles. The Morgan fingerprint density at radius 3 is 2.71 bits per heavy atom. The maximum absolute atomic E-state index is 12.4. The first-order valence-electron chi connectivity index (χ1n) is 7.12. The molecule has 0 aliphatic heterocycles. The number of aryl methyl sites for hydroxylation is 1. The second kappa shape index (κ2) is 10.5. The average Bonchev–Trinajstić information content (AvgIpc) is 2.96. The fourth-order valence-corrected chi connectivity index (χ4v) is 2.51. The van der Waals surface area contributed by atoms with Crippen molar-refractivity contribution in [1.82, 2.24) is 9.88 Å². The second-order valence-electron chi connectivity index (χ2n) is 5.18. The number of aromatic nitrogens is 1. The van der Waals surface area contributed by atoms with Crippen LogP contribution in [0.5, 0.6) is 5.75 Å². The summed E-state index contributed by atoms with van der Waals surface area (Å²) < 4.78 is 5.71. The van der Waals surface area contributed by atoms with Gasteiger partial charge in [0.15, 0.2) is 0 Å². The summed E-state index contributed by atoms with van der Waals surface area (Å²) in [6.07, 6.45) is 0. The molecule has 1 heterocycles. The van der Waals surface area contributed by atoms with Crippen LogP contribution < -0.4 is 10.5 Å². The first-order valence-corrected chi connectivity index (χ1v) is 8.00. The fraction of sp³-hybridized carbons (Fsp3) is 0.375. The normalized spacial score (nSPS) is 11.0. The first-order chi connectivity index (χ1) is 10.5. The van der Waals surface area contributed by atoms with Crippen molar-refractivity contribution in [2.45, 2.75) is 26.5 Å². The average molecular weight is 392 g/mol. The van der Waals surface area contributed by atoms with Gasteiger partial charge in [0.2, 0.25) is 0 Å². The van der Waals surface area contributed by atoms with Gasteiger partial charge in [-0.3, -0.25) is 4.79 Å². The Labute approximate surface area is 159 Å². The SMILES string of the molecule is Cc1nc(COc2cccc(C(=O)N(C)C(C)CN)c2)cs1.Cl.Cl. The van der Waals surface area contributed by atoms with Gasteiger partial charge in [0.05, 0.1) is 10.7 Å². The minimum absolute atomic E-state index is 0. The number of hydrogen-bond donors (Lipinski definition) is 1. The number of amides is 1. The topological polar surface area (TPSA) is 68.5 Å². The highest BCUT2D eigenvalue weighted by atomic mass is 35.5. The Morgan fingerprint density at radius 1 is 1.42 bits per heavy atom. The minimum atomic E-state index is -0.0621. The van der Waals surface area contributed by atoms with Crippen LogP contribution in [-0.4, -0.2) is 35.4 Å². The van der Waals surface area contributed by atoms with Gasteiger partial charge in [0, 0.05) is 30.6 Å². The summed E-state index contributed by atoms with van der Waals surface area (Å²) in [5.74, 6) is 0.596. The summed E-state index contributed by atoms with van der Waals surface area (Å²) >= 11 is 1.59. The molecule has 2 N–H and O–H groups in total. The van der Waals surface area contributed by atoms with E-state index in [1.807, 2.05) is 31.4 Å². The molecular weight excluding hydrogens is 369 g/mol. The van der Waals surface area contributed by atoms with Crippen LogP contribution in [-0.2, 0) is 6.61 Å². The van der Waals surface area contributed by atoms with Crippen LogP contribution >= 0.6 is 36.2 Å². The van der Waals surface area contributed by atoms with Gasteiger partial charge in [-0.25, -0.2) is 4.98 Å². The standard InChI is InChI=1S/C16H21N3O2S.2ClH/c1-11(8-17)19(3)16(20)13-5-4-6-15(7-13)21-9-14-10-22-12(2)18-14;;/h4-7,10-11H,8-9,17H2,1-3H3;2*1H. The van der Waals surface area contributed by atoms with Crippen molar-refractivity contribution in [3.05, 3.63) is 45.9 Å². The third-order valence-corrected chi connectivity index (χ3v) is 4.28. The third-order valence-electron chi connectivity index (χ3n) is 3.46. The summed E-state index contributed by atoms with van der Waals surface area (Å²) in [5, 5.41) is 2.99. The van der Waals surface area contributed by atoms with E-state index >= 15 is 0 Å². The van der Waals surface area contributed by atoms with E-state index < -0.39 is 0 Å². The van der Waals surface area contributed by atoms with Crippen molar-refractivity contribution in [3.63, 3.8) is 0 Å². The van der Waals surface area contributed by atoms with Crippen LogP contribution in [0.3, 0.4) is 0 Å². The van der Waals surface area contributed by atoms with Crippen LogP contribution in [0.4, 0.5) is 0 Å². The van der Waals surface area contributed by atoms with Crippen LogP contribution in [0.25, 0.3) is 0 Å². The maximum atomic E-state index is 12.4. The highest BCUT2D eigenvalue weighted by molar-refractivity contribution is 7.09. The second-order valence-corrected chi connectivity index (χ2v) is 6.24. The zero-order valence-electron chi connectivity index (χ0n) is 13.9. The number of ether oxygens (including phenoxy) is 1. The molecule has 0 radical (unpaired) electrons. The Bertz CT molecular complexity index is 652. The van der Waals surface area contributed by atoms with Crippen molar-refractivity contribution in [2.75, 3.05) is 13.6 Å². The van der Waals surface area contributed by atoms with Gasteiger partial charge in [-0.15, -0.1) is 36.2 Å². The van der Waals surface area contributed by atoms with Crippen molar-refractivity contribution in [1.29, 1.82) is 0 Å². The highest BCUT2D eigenvalue weighted by Gasteiger charge is 2.16. The summed E-state index contributed by atoms with van der Waals surface area (Å²) in [4.78, 5) is 18.4. The lowest BCUT2D eigenvalue weighted by Gasteiger charge is -2.23. The number of rotatable bonds is 6. The number of nitrogens with two attached hydrogens (primary N) is 1. The van der Waals surface area contributed by atoms with Crippen LogP contribution in [0.1, 0.15) is 28.0 Å². The number of benzene rings is 1. The van der Waals surface area contributed by atoms with Crippen LogP contribution in [0, 0.1) is 6.92 Å². The number of nitrogens with zero attached hydrogens (tertiary/aromatic N) is 2. The first kappa shape index (κ1) is 22.7. The predicted molar refractivity (Wildman–Crippen MR) is 103 cm³/mol. The number of halogens is 2. The molecule has 1 aromatic carbocycles. The van der Waals surface area contributed by atoms with Gasteiger partial charge in [0.1, 0.15) is 12.4 Å². The molecule has 8 heteroatoms. The molecule has 5 nitrogen and oxygen atoms in total. The van der Waals surface area contributed by atoms with Gasteiger partial charge in [-0.2, -0.15) is 0 Å². The zero-order valence-corrected chi connectivity index (χ0v) is 16.3. The maximum Gasteiger partial charge on any atom is 0.254 e. The van der Waals surface area contributed by atoms with Gasteiger partial charge in [-0.1, -0.05) is 6.07 Å². The lowest BCUT2D eigenvalue weighted by molar-refractivity contribution is 0.0748. The Kier molecular flexibility index (Phi) is 9.92. The van der Waals surface area contributed by atoms with Gasteiger partial charge >= 0.3 is 0 Å². The molecule has 2 rings (SSSR count). The molecule has 0 spiro atoms. The molecule has 1 unspecified atom stereocenters. The van der Waals surface area contributed by atoms with Gasteiger partial charge in [-0.05, 0) is 32.0 Å². The smallest absolute Gasteiger partial charge is 0.254 e. The lowest BCUT2D eigenvalue weighted by Crippen LogP contribution is -2.39. The molecule has 1 aromatic heterocycles. The van der Waals surface area contributed by atoms with Crippen molar-refractivity contribution < 1.29 is 9.53 Å². The molecule has 0 fully saturated rings. The van der Waals surface area contributed by atoms with E-state index in [-0.39, 0.29) is 36.8 Å². The minimum Gasteiger partial charge on any atom is -0.487 e. The molecule has 0 saturated carbocycles. The summed E-state index contributed by atoms with van der Waals surface area (Å²) in [7, 11) is 1.76. The van der Waals surface area contributed by atoms with Crippen molar-refractivity contribution >= 4 is 42.1 Å². The third kappa shape index (κ3) is 5.94. The zero-order chi connectivity index (χ0) is 16.1. The number of thiazole rings is 1. The fourth-order valence-electron chi connectivity index (χ4n) is 1.91. The molecule has 0 aliphatic rings. The number of carbonyl (C=O) groups excluding carboxylic acids is 1. The van der Waals surface area contributed by atoms with E-state index in [0.29, 0.717) is 24.5 Å². The summed E-state index contributed by atoms with van der Waals surface area (Å²) in [5.41, 5.74) is 7.10. The predicted octanol–water partition coefficient (Wildman–Crippen LogP) is 3.29. The molecule has 1 atom stereocenters. The van der Waals surface area contributed by atoms with Crippen molar-refractivity contribution in [2.24, 2.45) is 5.73 Å². The molecule has 134 valence electrons. The van der Waals surface area contributed by atoms with E-state index in [0.717, 1.165) is 10.7 Å². The van der Waals surface area contributed by atoms with E-state index in [1.165, 1.54) is 0 Å². The molecule has 1 amide bonds. The molecule has 24 heavy (non-hydrogen) atoms. The summed E-state index contributed by atoms with van der Waals surface area (Å²) in [6, 6.07) is 7.18. The Balaban J connectivity index is 0.00000264. The van der Waals surface area contributed by atoms with Gasteiger partial charge in [0.25, 0.3) is 5.91 Å². The Hall–Kier alpha value is -1.34. The molecule has 0 aliphatic carbocycles. The van der Waals surface area contributed by atoms with E-state index in [9.17, 15) is 4.79 Å². The quantitative estimate of drug-likeness (QED) is 0.819. The highest BCUT2D eigenvalue weighted by Crippen LogP contribution is 2.17. The summed E-state index contributed by atoms with van der Waals surface area (Å²) in [6.45, 7) is 4.71. The number of carbonyl (C=O) groups is 1. The van der Waals surface area contributed by atoms with Crippen LogP contribution in [0.15, 0.2) is 29.6 Å². The monoisotopic (exact) mass is 391 g/mol. The molecule has 0 bridgehead atoms. The molecule has 2 aromatic rings.